The van der Waals surface area contributed by atoms with Crippen molar-refractivity contribution in [3.8, 4) is 0 Å². The molecule has 2 aromatic heterocycles. The lowest BCUT2D eigenvalue weighted by atomic mass is 10.2. The van der Waals surface area contributed by atoms with Gasteiger partial charge in [0.1, 0.15) is 12.1 Å². The Balaban J connectivity index is 1.92. The van der Waals surface area contributed by atoms with Gasteiger partial charge in [-0.25, -0.2) is 9.97 Å². The molecule has 2 aromatic rings. The molecule has 1 atom stereocenters. The summed E-state index contributed by atoms with van der Waals surface area (Å²) in [5.74, 6) is 0.828. The average molecular weight is 253 g/mol. The van der Waals surface area contributed by atoms with Crippen LogP contribution in [0.5, 0.6) is 0 Å². The molecule has 0 fully saturated rings. The fourth-order valence-electron chi connectivity index (χ4n) is 1.55. The Morgan fingerprint density at radius 1 is 1.53 bits per heavy atom. The molecule has 0 amide bonds. The quantitative estimate of drug-likeness (QED) is 0.816. The zero-order chi connectivity index (χ0) is 12.1. The van der Waals surface area contributed by atoms with Crippen LogP contribution in [0.1, 0.15) is 6.42 Å². The van der Waals surface area contributed by atoms with Crippen LogP contribution in [0.4, 0.5) is 5.82 Å². The number of rotatable bonds is 6. The van der Waals surface area contributed by atoms with E-state index in [-0.39, 0.29) is 0 Å². The molecular weight excluding hydrogens is 238 g/mol. The number of hydrogen-bond acceptors (Lipinski definition) is 6. The van der Waals surface area contributed by atoms with E-state index in [0.29, 0.717) is 19.6 Å². The first kappa shape index (κ1) is 12.2. The highest BCUT2D eigenvalue weighted by Gasteiger charge is 2.06. The normalized spacial score (nSPS) is 12.8. The summed E-state index contributed by atoms with van der Waals surface area (Å²) < 4.78 is 5.91. The Kier molecular flexibility index (Phi) is 4.24. The van der Waals surface area contributed by atoms with Crippen molar-refractivity contribution in [3.05, 3.63) is 17.8 Å². The lowest BCUT2D eigenvalue weighted by molar-refractivity contribution is 0.0615. The van der Waals surface area contributed by atoms with Crippen LogP contribution in [0.25, 0.3) is 10.2 Å². The van der Waals surface area contributed by atoms with Gasteiger partial charge in [0.25, 0.3) is 0 Å². The molecule has 17 heavy (non-hydrogen) atoms. The van der Waals surface area contributed by atoms with Crippen LogP contribution in [0.3, 0.4) is 0 Å². The molecular formula is C11H15N3O2S. The zero-order valence-electron chi connectivity index (χ0n) is 9.59. The van der Waals surface area contributed by atoms with Gasteiger partial charge in [0, 0.05) is 13.7 Å². The lowest BCUT2D eigenvalue weighted by Crippen LogP contribution is -2.18. The van der Waals surface area contributed by atoms with Crippen molar-refractivity contribution in [2.45, 2.75) is 12.5 Å². The first-order chi connectivity index (χ1) is 8.31. The number of aliphatic hydroxyl groups excluding tert-OH is 1. The molecule has 6 heteroatoms. The van der Waals surface area contributed by atoms with Crippen molar-refractivity contribution in [2.24, 2.45) is 0 Å². The fourth-order valence-corrected chi connectivity index (χ4v) is 2.36. The highest BCUT2D eigenvalue weighted by atomic mass is 32.1. The third-order valence-electron chi connectivity index (χ3n) is 2.37. The number of ether oxygens (including phenoxy) is 1. The van der Waals surface area contributed by atoms with Gasteiger partial charge in [-0.2, -0.15) is 0 Å². The Morgan fingerprint density at radius 2 is 2.41 bits per heavy atom. The van der Waals surface area contributed by atoms with E-state index in [1.165, 1.54) is 0 Å². The topological polar surface area (TPSA) is 67.3 Å². The maximum absolute atomic E-state index is 9.51. The van der Waals surface area contributed by atoms with Crippen molar-refractivity contribution >= 4 is 27.4 Å². The number of aliphatic hydroxyl groups is 1. The SMILES string of the molecule is COCC(O)CCNc1ncnc2ccsc12. The summed E-state index contributed by atoms with van der Waals surface area (Å²) in [6.45, 7) is 1.02. The Bertz CT molecular complexity index is 474. The number of thiophene rings is 1. The van der Waals surface area contributed by atoms with E-state index in [2.05, 4.69) is 15.3 Å². The van der Waals surface area contributed by atoms with Crippen LogP contribution in [0.15, 0.2) is 17.8 Å². The Morgan fingerprint density at radius 3 is 3.24 bits per heavy atom. The second-order valence-electron chi connectivity index (χ2n) is 3.68. The van der Waals surface area contributed by atoms with Gasteiger partial charge in [-0.3, -0.25) is 0 Å². The molecule has 2 N–H and O–H groups in total. The van der Waals surface area contributed by atoms with E-state index in [0.717, 1.165) is 16.0 Å². The number of fused-ring (bicyclic) bond motifs is 1. The molecule has 0 spiro atoms. The predicted octanol–water partition coefficient (Wildman–Crippen LogP) is 1.50. The number of anilines is 1. The molecule has 0 aliphatic carbocycles. The average Bonchev–Trinajstić information content (AvgIpc) is 2.78. The molecule has 0 saturated carbocycles. The van der Waals surface area contributed by atoms with E-state index in [4.69, 9.17) is 4.74 Å². The summed E-state index contributed by atoms with van der Waals surface area (Å²) in [6, 6.07) is 1.96. The fraction of sp³-hybridized carbons (Fsp3) is 0.455. The molecule has 0 aliphatic rings. The number of hydrogen-bond donors (Lipinski definition) is 2. The number of methoxy groups -OCH3 is 1. The number of nitrogens with zero attached hydrogens (tertiary/aromatic N) is 2. The minimum absolute atomic E-state index is 0.361. The van der Waals surface area contributed by atoms with Crippen molar-refractivity contribution in [1.82, 2.24) is 9.97 Å². The van der Waals surface area contributed by atoms with Crippen LogP contribution < -0.4 is 5.32 Å². The van der Waals surface area contributed by atoms with Crippen molar-refractivity contribution in [2.75, 3.05) is 25.6 Å². The zero-order valence-corrected chi connectivity index (χ0v) is 10.4. The molecule has 92 valence electrons. The summed E-state index contributed by atoms with van der Waals surface area (Å²) in [5.41, 5.74) is 0.949. The molecule has 2 rings (SSSR count). The van der Waals surface area contributed by atoms with E-state index in [1.807, 2.05) is 11.4 Å². The second-order valence-corrected chi connectivity index (χ2v) is 4.60. The molecule has 1 unspecified atom stereocenters. The third kappa shape index (κ3) is 3.12. The van der Waals surface area contributed by atoms with Crippen LogP contribution in [-0.4, -0.2) is 41.4 Å². The molecule has 2 heterocycles. The minimum Gasteiger partial charge on any atom is -0.391 e. The van der Waals surface area contributed by atoms with Gasteiger partial charge >= 0.3 is 0 Å². The van der Waals surface area contributed by atoms with Crippen LogP contribution in [-0.2, 0) is 4.74 Å². The Labute approximate surface area is 103 Å². The highest BCUT2D eigenvalue weighted by Crippen LogP contribution is 2.24. The second kappa shape index (κ2) is 5.90. The van der Waals surface area contributed by atoms with Crippen molar-refractivity contribution in [1.29, 1.82) is 0 Å². The summed E-state index contributed by atoms with van der Waals surface area (Å²) in [4.78, 5) is 8.36. The number of nitrogens with one attached hydrogen (secondary N) is 1. The van der Waals surface area contributed by atoms with E-state index < -0.39 is 6.10 Å². The molecule has 0 bridgehead atoms. The first-order valence-corrected chi connectivity index (χ1v) is 6.28. The molecule has 0 saturated heterocycles. The van der Waals surface area contributed by atoms with Gasteiger partial charge in [0.15, 0.2) is 0 Å². The van der Waals surface area contributed by atoms with Gasteiger partial charge in [0.2, 0.25) is 0 Å². The van der Waals surface area contributed by atoms with Gasteiger partial charge in [-0.15, -0.1) is 11.3 Å². The minimum atomic E-state index is -0.437. The van der Waals surface area contributed by atoms with Gasteiger partial charge < -0.3 is 15.2 Å². The maximum Gasteiger partial charge on any atom is 0.147 e. The van der Waals surface area contributed by atoms with Gasteiger partial charge in [-0.1, -0.05) is 0 Å². The van der Waals surface area contributed by atoms with Crippen molar-refractivity contribution < 1.29 is 9.84 Å². The first-order valence-electron chi connectivity index (χ1n) is 5.40. The standard InChI is InChI=1S/C11H15N3O2S/c1-16-6-8(15)2-4-12-11-10-9(3-5-17-10)13-7-14-11/h3,5,7-8,15H,2,4,6H2,1H3,(H,12,13,14). The van der Waals surface area contributed by atoms with Gasteiger partial charge in [-0.05, 0) is 17.9 Å². The van der Waals surface area contributed by atoms with Crippen LogP contribution in [0, 0.1) is 0 Å². The summed E-state index contributed by atoms with van der Waals surface area (Å²) in [7, 11) is 1.58. The maximum atomic E-state index is 9.51. The molecule has 0 aromatic carbocycles. The van der Waals surface area contributed by atoms with Crippen LogP contribution >= 0.6 is 11.3 Å². The highest BCUT2D eigenvalue weighted by molar-refractivity contribution is 7.17. The summed E-state index contributed by atoms with van der Waals surface area (Å²) in [5, 5.41) is 14.7. The Hall–Kier alpha value is -1.24. The van der Waals surface area contributed by atoms with E-state index in [1.54, 1.807) is 24.8 Å². The molecule has 5 nitrogen and oxygen atoms in total. The predicted molar refractivity (Wildman–Crippen MR) is 68.4 cm³/mol. The summed E-state index contributed by atoms with van der Waals surface area (Å²) >= 11 is 1.61. The van der Waals surface area contributed by atoms with E-state index in [9.17, 15) is 5.11 Å². The molecule has 0 aliphatic heterocycles. The smallest absolute Gasteiger partial charge is 0.147 e. The molecule has 0 radical (unpaired) electrons. The monoisotopic (exact) mass is 253 g/mol. The van der Waals surface area contributed by atoms with Crippen molar-refractivity contribution in [3.63, 3.8) is 0 Å². The third-order valence-corrected chi connectivity index (χ3v) is 3.28. The summed E-state index contributed by atoms with van der Waals surface area (Å²) in [6.07, 6.45) is 1.74. The lowest BCUT2D eigenvalue weighted by Gasteiger charge is -2.10. The van der Waals surface area contributed by atoms with Crippen LogP contribution in [0.2, 0.25) is 0 Å². The van der Waals surface area contributed by atoms with Gasteiger partial charge in [0.05, 0.1) is 22.9 Å². The largest absolute Gasteiger partial charge is 0.391 e. The van der Waals surface area contributed by atoms with E-state index >= 15 is 0 Å². The number of aromatic nitrogens is 2.